The largest absolute Gasteiger partial charge is 0.378 e. The summed E-state index contributed by atoms with van der Waals surface area (Å²) in [5.41, 5.74) is 0.737. The zero-order valence-corrected chi connectivity index (χ0v) is 15.6. The van der Waals surface area contributed by atoms with Crippen molar-refractivity contribution in [3.05, 3.63) is 37.1 Å². The van der Waals surface area contributed by atoms with Crippen molar-refractivity contribution in [1.29, 1.82) is 0 Å². The number of rotatable bonds is 3. The highest BCUT2D eigenvalue weighted by molar-refractivity contribution is 5.86. The fraction of sp³-hybridized carbons (Fsp3) is 0.421. The van der Waals surface area contributed by atoms with Gasteiger partial charge in [0.1, 0.15) is 30.1 Å². The van der Waals surface area contributed by atoms with Crippen LogP contribution in [0.5, 0.6) is 0 Å². The Morgan fingerprint density at radius 3 is 2.18 bits per heavy atom. The highest BCUT2D eigenvalue weighted by Crippen LogP contribution is 2.24. The third-order valence-electron chi connectivity index (χ3n) is 5.26. The van der Waals surface area contributed by atoms with Crippen LogP contribution in [-0.2, 0) is 4.74 Å². The fourth-order valence-corrected chi connectivity index (χ4v) is 3.76. The van der Waals surface area contributed by atoms with Crippen LogP contribution in [-0.4, -0.2) is 77.4 Å². The molecule has 0 atom stereocenters. The van der Waals surface area contributed by atoms with Crippen molar-refractivity contribution in [3.8, 4) is 0 Å². The number of hydrogen-bond acceptors (Lipinski definition) is 9. The third-order valence-corrected chi connectivity index (χ3v) is 5.26. The van der Waals surface area contributed by atoms with Crippen LogP contribution in [0.2, 0.25) is 0 Å². The van der Waals surface area contributed by atoms with Gasteiger partial charge in [-0.25, -0.2) is 24.9 Å². The quantitative estimate of drug-likeness (QED) is 0.662. The Bertz CT molecular complexity index is 948. The molecule has 5 rings (SSSR count). The van der Waals surface area contributed by atoms with Gasteiger partial charge in [-0.05, 0) is 12.1 Å². The van der Waals surface area contributed by atoms with Crippen LogP contribution in [0.15, 0.2) is 37.1 Å². The molecule has 144 valence electrons. The summed E-state index contributed by atoms with van der Waals surface area (Å²) in [6, 6.07) is 6.05. The van der Waals surface area contributed by atoms with Crippen LogP contribution in [0.3, 0.4) is 0 Å². The number of morpholine rings is 1. The summed E-state index contributed by atoms with van der Waals surface area (Å²) in [4.78, 5) is 28.9. The van der Waals surface area contributed by atoms with Gasteiger partial charge in [0.2, 0.25) is 0 Å². The van der Waals surface area contributed by atoms with Gasteiger partial charge in [-0.2, -0.15) is 0 Å². The van der Waals surface area contributed by atoms with E-state index in [0.717, 1.165) is 81.0 Å². The fourth-order valence-electron chi connectivity index (χ4n) is 3.76. The van der Waals surface area contributed by atoms with E-state index in [1.54, 1.807) is 18.9 Å². The second kappa shape index (κ2) is 7.51. The van der Waals surface area contributed by atoms with Crippen LogP contribution >= 0.6 is 0 Å². The minimum absolute atomic E-state index is 0.737. The van der Waals surface area contributed by atoms with E-state index in [1.807, 2.05) is 12.1 Å². The first-order valence-electron chi connectivity index (χ1n) is 9.59. The molecule has 2 aliphatic heterocycles. The van der Waals surface area contributed by atoms with E-state index in [0.29, 0.717) is 0 Å². The van der Waals surface area contributed by atoms with Crippen LogP contribution in [0.1, 0.15) is 0 Å². The van der Waals surface area contributed by atoms with Gasteiger partial charge < -0.3 is 19.4 Å². The second-order valence-electron chi connectivity index (χ2n) is 6.88. The lowest BCUT2D eigenvalue weighted by Gasteiger charge is -2.36. The van der Waals surface area contributed by atoms with E-state index in [2.05, 4.69) is 45.7 Å². The highest BCUT2D eigenvalue weighted by atomic mass is 16.5. The molecule has 9 heteroatoms. The molecule has 0 aromatic carbocycles. The van der Waals surface area contributed by atoms with Crippen LogP contribution in [0.25, 0.3) is 11.0 Å². The number of nitrogens with zero attached hydrogens (tertiary/aromatic N) is 8. The van der Waals surface area contributed by atoms with Crippen molar-refractivity contribution in [1.82, 2.24) is 24.9 Å². The van der Waals surface area contributed by atoms with Gasteiger partial charge in [-0.1, -0.05) is 0 Å². The minimum Gasteiger partial charge on any atom is -0.378 e. The van der Waals surface area contributed by atoms with Crippen molar-refractivity contribution in [2.24, 2.45) is 0 Å². The Morgan fingerprint density at radius 2 is 1.39 bits per heavy atom. The topological polar surface area (TPSA) is 83.4 Å². The predicted molar refractivity (Wildman–Crippen MR) is 107 cm³/mol. The average molecular weight is 378 g/mol. The van der Waals surface area contributed by atoms with Gasteiger partial charge in [-0.15, -0.1) is 0 Å². The molecular weight excluding hydrogens is 356 g/mol. The Kier molecular flexibility index (Phi) is 4.58. The lowest BCUT2D eigenvalue weighted by molar-refractivity contribution is 0.122. The Labute approximate surface area is 163 Å². The van der Waals surface area contributed by atoms with Crippen LogP contribution in [0, 0.1) is 0 Å². The summed E-state index contributed by atoms with van der Waals surface area (Å²) in [6.45, 7) is 6.75. The SMILES string of the molecule is c1cnc2ncnc(N3CCN(c4cc(N5CCOCC5)ncn4)CC3)c2c1. The molecule has 0 amide bonds. The molecule has 0 radical (unpaired) electrons. The molecule has 5 heterocycles. The maximum Gasteiger partial charge on any atom is 0.164 e. The summed E-state index contributed by atoms with van der Waals surface area (Å²) in [5.74, 6) is 2.91. The number of anilines is 3. The summed E-state index contributed by atoms with van der Waals surface area (Å²) in [6.07, 6.45) is 5.02. The van der Waals surface area contributed by atoms with Crippen molar-refractivity contribution in [2.75, 3.05) is 67.2 Å². The molecule has 3 aromatic heterocycles. The van der Waals surface area contributed by atoms with Gasteiger partial charge >= 0.3 is 0 Å². The molecule has 0 N–H and O–H groups in total. The van der Waals surface area contributed by atoms with Crippen molar-refractivity contribution in [2.45, 2.75) is 0 Å². The Hall–Kier alpha value is -3.07. The van der Waals surface area contributed by atoms with Gasteiger partial charge in [-0.3, -0.25) is 0 Å². The molecule has 2 aliphatic rings. The summed E-state index contributed by atoms with van der Waals surface area (Å²) in [5, 5.41) is 0.995. The van der Waals surface area contributed by atoms with Crippen LogP contribution < -0.4 is 14.7 Å². The van der Waals surface area contributed by atoms with Gasteiger partial charge in [0, 0.05) is 51.5 Å². The summed E-state index contributed by atoms with van der Waals surface area (Å²) >= 11 is 0. The number of fused-ring (bicyclic) bond motifs is 1. The Morgan fingerprint density at radius 1 is 0.714 bits per heavy atom. The van der Waals surface area contributed by atoms with E-state index < -0.39 is 0 Å². The monoisotopic (exact) mass is 378 g/mol. The van der Waals surface area contributed by atoms with E-state index >= 15 is 0 Å². The number of aromatic nitrogens is 5. The Balaban J connectivity index is 1.31. The number of ether oxygens (including phenoxy) is 1. The molecule has 0 spiro atoms. The predicted octanol–water partition coefficient (Wildman–Crippen LogP) is 0.978. The third kappa shape index (κ3) is 3.29. The first kappa shape index (κ1) is 17.1. The highest BCUT2D eigenvalue weighted by Gasteiger charge is 2.22. The number of piperazine rings is 1. The molecule has 0 unspecified atom stereocenters. The van der Waals surface area contributed by atoms with Crippen LogP contribution in [0.4, 0.5) is 17.5 Å². The molecule has 2 saturated heterocycles. The number of hydrogen-bond donors (Lipinski definition) is 0. The molecule has 3 aromatic rings. The van der Waals surface area contributed by atoms with Gasteiger partial charge in [0.15, 0.2) is 5.65 Å². The molecular formula is C19H22N8O. The van der Waals surface area contributed by atoms with Crippen molar-refractivity contribution in [3.63, 3.8) is 0 Å². The van der Waals surface area contributed by atoms with Gasteiger partial charge in [0.05, 0.1) is 18.6 Å². The minimum atomic E-state index is 0.737. The lowest BCUT2D eigenvalue weighted by Crippen LogP contribution is -2.47. The zero-order chi connectivity index (χ0) is 18.8. The summed E-state index contributed by atoms with van der Waals surface area (Å²) < 4.78 is 5.44. The zero-order valence-electron chi connectivity index (χ0n) is 15.6. The van der Waals surface area contributed by atoms with Crippen molar-refractivity contribution >= 4 is 28.5 Å². The molecule has 0 bridgehead atoms. The maximum atomic E-state index is 5.44. The van der Waals surface area contributed by atoms with E-state index in [9.17, 15) is 0 Å². The summed E-state index contributed by atoms with van der Waals surface area (Å²) in [7, 11) is 0. The van der Waals surface area contributed by atoms with E-state index in [4.69, 9.17) is 4.74 Å². The van der Waals surface area contributed by atoms with Crippen molar-refractivity contribution < 1.29 is 4.74 Å². The standard InChI is InChI=1S/C19H22N8O/c1-2-15-18(20-3-1)23-14-24-19(15)27-6-4-25(5-7-27)16-12-17(22-13-21-16)26-8-10-28-11-9-26/h1-3,12-14H,4-11H2. The molecule has 9 nitrogen and oxygen atoms in total. The molecule has 2 fully saturated rings. The van der Waals surface area contributed by atoms with E-state index in [1.165, 1.54) is 0 Å². The smallest absolute Gasteiger partial charge is 0.164 e. The lowest BCUT2D eigenvalue weighted by atomic mass is 10.2. The second-order valence-corrected chi connectivity index (χ2v) is 6.88. The molecule has 0 saturated carbocycles. The number of pyridine rings is 1. The maximum absolute atomic E-state index is 5.44. The van der Waals surface area contributed by atoms with E-state index in [-0.39, 0.29) is 0 Å². The molecule has 28 heavy (non-hydrogen) atoms. The first-order valence-corrected chi connectivity index (χ1v) is 9.59. The van der Waals surface area contributed by atoms with Gasteiger partial charge in [0.25, 0.3) is 0 Å². The first-order chi connectivity index (χ1) is 13.9. The normalized spacial score (nSPS) is 17.9. The molecule has 0 aliphatic carbocycles. The average Bonchev–Trinajstić information content (AvgIpc) is 2.79.